The van der Waals surface area contributed by atoms with E-state index < -0.39 is 12.1 Å². The molecule has 156 valence electrons. The number of ether oxygens (including phenoxy) is 3. The van der Waals surface area contributed by atoms with Gasteiger partial charge in [-0.3, -0.25) is 9.69 Å². The van der Waals surface area contributed by atoms with E-state index >= 15 is 0 Å². The number of fused-ring (bicyclic) bond motifs is 4. The molecule has 5 atom stereocenters. The Morgan fingerprint density at radius 3 is 2.76 bits per heavy atom. The molecule has 1 saturated carbocycles. The van der Waals surface area contributed by atoms with Crippen molar-refractivity contribution >= 4 is 11.9 Å². The Morgan fingerprint density at radius 2 is 2.03 bits per heavy atom. The summed E-state index contributed by atoms with van der Waals surface area (Å²) in [7, 11) is 0. The van der Waals surface area contributed by atoms with Gasteiger partial charge in [0.05, 0.1) is 12.6 Å². The van der Waals surface area contributed by atoms with Gasteiger partial charge in [-0.25, -0.2) is 4.79 Å². The van der Waals surface area contributed by atoms with E-state index in [9.17, 15) is 9.59 Å². The third-order valence-corrected chi connectivity index (χ3v) is 6.49. The minimum Gasteiger partial charge on any atom is -0.445 e. The Hall–Kier alpha value is -2.18. The Labute approximate surface area is 171 Å². The van der Waals surface area contributed by atoms with Crippen molar-refractivity contribution in [1.82, 2.24) is 4.90 Å². The van der Waals surface area contributed by atoms with Crippen molar-refractivity contribution in [2.45, 2.75) is 45.6 Å². The summed E-state index contributed by atoms with van der Waals surface area (Å²) in [6.07, 6.45) is 2.55. The van der Waals surface area contributed by atoms with E-state index in [-0.39, 0.29) is 36.4 Å². The lowest BCUT2D eigenvalue weighted by atomic mass is 9.63. The highest BCUT2D eigenvalue weighted by Gasteiger charge is 2.53. The Bertz CT molecular complexity index is 777. The van der Waals surface area contributed by atoms with Gasteiger partial charge >= 0.3 is 6.09 Å². The van der Waals surface area contributed by atoms with E-state index in [1.54, 1.807) is 4.90 Å². The first-order valence-corrected chi connectivity index (χ1v) is 10.5. The fourth-order valence-electron chi connectivity index (χ4n) is 5.02. The quantitative estimate of drug-likeness (QED) is 0.725. The second-order valence-electron chi connectivity index (χ2n) is 8.02. The van der Waals surface area contributed by atoms with E-state index in [1.165, 1.54) is 5.57 Å². The summed E-state index contributed by atoms with van der Waals surface area (Å²) >= 11 is 0. The van der Waals surface area contributed by atoms with Gasteiger partial charge < -0.3 is 14.2 Å². The van der Waals surface area contributed by atoms with Crippen LogP contribution in [0.3, 0.4) is 0 Å². The van der Waals surface area contributed by atoms with Gasteiger partial charge in [-0.2, -0.15) is 0 Å². The number of allylic oxidation sites excluding steroid dienone is 1. The molecule has 0 spiro atoms. The average molecular weight is 399 g/mol. The molecule has 2 heterocycles. The maximum Gasteiger partial charge on any atom is 0.411 e. The number of hydrogen-bond donors (Lipinski definition) is 0. The number of Topliss-reactive ketones (excluding diaryl/α,β-unsaturated/α-hetero) is 1. The second-order valence-corrected chi connectivity index (χ2v) is 8.02. The predicted molar refractivity (Wildman–Crippen MR) is 107 cm³/mol. The lowest BCUT2D eigenvalue weighted by molar-refractivity contribution is -0.202. The lowest BCUT2D eigenvalue weighted by Gasteiger charge is -2.51. The molecule has 2 saturated heterocycles. The fraction of sp³-hybridized carbons (Fsp3) is 0.565. The van der Waals surface area contributed by atoms with Crippen molar-refractivity contribution in [3.05, 3.63) is 47.5 Å². The molecular formula is C23H29NO5. The molecule has 1 aromatic rings. The van der Waals surface area contributed by atoms with Crippen LogP contribution in [0.2, 0.25) is 0 Å². The molecule has 0 aromatic heterocycles. The van der Waals surface area contributed by atoms with Gasteiger partial charge in [0.25, 0.3) is 0 Å². The van der Waals surface area contributed by atoms with Gasteiger partial charge in [0, 0.05) is 25.5 Å². The molecule has 1 aliphatic carbocycles. The highest BCUT2D eigenvalue weighted by atomic mass is 16.7. The van der Waals surface area contributed by atoms with Crippen LogP contribution in [-0.2, 0) is 25.6 Å². The van der Waals surface area contributed by atoms with Crippen molar-refractivity contribution in [3.63, 3.8) is 0 Å². The standard InChI is InChI=1S/C23H29NO5/c1-3-16-12-24(23(26)29-13-15-8-6-5-7-9-15)20-10-17(16)19-14-28-21(27-4-2)11-18(19)22(20)25/h3,5-9,17-21H,4,10-14H2,1-2H3/b16-3-/t17-,18?,19+,20-,21?/m0/s1. The first kappa shape index (κ1) is 20.1. The summed E-state index contributed by atoms with van der Waals surface area (Å²) in [5.41, 5.74) is 2.12. The number of benzene rings is 1. The fourth-order valence-corrected chi connectivity index (χ4v) is 5.02. The van der Waals surface area contributed by atoms with Crippen molar-refractivity contribution in [2.24, 2.45) is 17.8 Å². The van der Waals surface area contributed by atoms with Crippen LogP contribution in [0.1, 0.15) is 32.3 Å². The van der Waals surface area contributed by atoms with Crippen LogP contribution in [-0.4, -0.2) is 48.9 Å². The summed E-state index contributed by atoms with van der Waals surface area (Å²) in [5.74, 6) is 0.437. The monoisotopic (exact) mass is 399 g/mol. The molecule has 3 fully saturated rings. The summed E-state index contributed by atoms with van der Waals surface area (Å²) in [4.78, 5) is 27.8. The normalized spacial score (nSPS) is 32.8. The number of hydrogen-bond acceptors (Lipinski definition) is 5. The number of ketones is 1. The van der Waals surface area contributed by atoms with Crippen LogP contribution >= 0.6 is 0 Å². The van der Waals surface area contributed by atoms with E-state index in [0.29, 0.717) is 32.6 Å². The van der Waals surface area contributed by atoms with Crippen molar-refractivity contribution in [1.29, 1.82) is 0 Å². The minimum atomic E-state index is -0.423. The third-order valence-electron chi connectivity index (χ3n) is 6.49. The molecule has 4 rings (SSSR count). The highest BCUT2D eigenvalue weighted by Crippen LogP contribution is 2.46. The van der Waals surface area contributed by atoms with E-state index in [2.05, 4.69) is 6.08 Å². The smallest absolute Gasteiger partial charge is 0.411 e. The first-order valence-electron chi connectivity index (χ1n) is 10.5. The molecule has 29 heavy (non-hydrogen) atoms. The van der Waals surface area contributed by atoms with Crippen molar-refractivity contribution in [3.8, 4) is 0 Å². The number of likely N-dealkylation sites (tertiary alicyclic amines) is 1. The van der Waals surface area contributed by atoms with Crippen LogP contribution in [0.15, 0.2) is 42.0 Å². The topological polar surface area (TPSA) is 65.1 Å². The van der Waals surface area contributed by atoms with Crippen LogP contribution in [0.4, 0.5) is 4.79 Å². The second kappa shape index (κ2) is 8.67. The molecule has 0 N–H and O–H groups in total. The zero-order chi connectivity index (χ0) is 20.4. The van der Waals surface area contributed by atoms with Crippen molar-refractivity contribution in [2.75, 3.05) is 19.8 Å². The maximum atomic E-state index is 13.3. The predicted octanol–water partition coefficient (Wildman–Crippen LogP) is 3.56. The summed E-state index contributed by atoms with van der Waals surface area (Å²) in [6.45, 7) is 5.67. The number of amides is 1. The van der Waals surface area contributed by atoms with Gasteiger partial charge in [0.2, 0.25) is 0 Å². The summed E-state index contributed by atoms with van der Waals surface area (Å²) in [6, 6.07) is 9.17. The number of carbonyl (C=O) groups is 2. The van der Waals surface area contributed by atoms with E-state index in [4.69, 9.17) is 14.2 Å². The molecule has 1 aromatic carbocycles. The molecule has 2 bridgehead atoms. The van der Waals surface area contributed by atoms with E-state index in [0.717, 1.165) is 5.56 Å². The highest BCUT2D eigenvalue weighted by molar-refractivity contribution is 5.91. The maximum absolute atomic E-state index is 13.3. The van der Waals surface area contributed by atoms with Gasteiger partial charge in [0.1, 0.15) is 6.61 Å². The Balaban J connectivity index is 1.50. The summed E-state index contributed by atoms with van der Waals surface area (Å²) in [5, 5.41) is 0. The van der Waals surface area contributed by atoms with Crippen LogP contribution in [0.25, 0.3) is 0 Å². The van der Waals surface area contributed by atoms with Crippen LogP contribution in [0, 0.1) is 17.8 Å². The molecule has 6 nitrogen and oxygen atoms in total. The minimum absolute atomic E-state index is 0.131. The molecule has 3 aliphatic rings. The SMILES string of the molecule is C/C=C1/CN(C(=O)OCc2ccccc2)[C@H]2C[C@@H]1[C@H]1COC(OCC)CC1C2=O. The van der Waals surface area contributed by atoms with Gasteiger partial charge in [-0.05, 0) is 37.7 Å². The Morgan fingerprint density at radius 1 is 1.24 bits per heavy atom. The lowest BCUT2D eigenvalue weighted by Crippen LogP contribution is -2.61. The molecular weight excluding hydrogens is 370 g/mol. The van der Waals surface area contributed by atoms with Crippen molar-refractivity contribution < 1.29 is 23.8 Å². The average Bonchev–Trinajstić information content (AvgIpc) is 2.76. The number of nitrogens with zero attached hydrogens (tertiary/aromatic N) is 1. The molecule has 0 radical (unpaired) electrons. The molecule has 2 unspecified atom stereocenters. The van der Waals surface area contributed by atoms with E-state index in [1.807, 2.05) is 44.2 Å². The number of piperidine rings is 1. The van der Waals surface area contributed by atoms with Gasteiger partial charge in [-0.15, -0.1) is 0 Å². The van der Waals surface area contributed by atoms with Gasteiger partial charge in [0.15, 0.2) is 12.1 Å². The number of rotatable bonds is 4. The molecule has 2 aliphatic heterocycles. The zero-order valence-corrected chi connectivity index (χ0v) is 17.1. The molecule has 1 amide bonds. The largest absolute Gasteiger partial charge is 0.445 e. The van der Waals surface area contributed by atoms with Crippen LogP contribution in [0.5, 0.6) is 0 Å². The van der Waals surface area contributed by atoms with Crippen LogP contribution < -0.4 is 0 Å². The first-order chi connectivity index (χ1) is 14.1. The molecule has 6 heteroatoms. The Kier molecular flexibility index (Phi) is 6.01. The zero-order valence-electron chi connectivity index (χ0n) is 17.1. The third kappa shape index (κ3) is 3.96. The summed E-state index contributed by atoms with van der Waals surface area (Å²) < 4.78 is 17.1. The number of carbonyl (C=O) groups excluding carboxylic acids is 2. The van der Waals surface area contributed by atoms with Gasteiger partial charge in [-0.1, -0.05) is 42.0 Å².